The minimum absolute atomic E-state index is 0.00819. The van der Waals surface area contributed by atoms with Crippen LogP contribution in [0.4, 0.5) is 5.82 Å². The zero-order chi connectivity index (χ0) is 17.9. The third-order valence-electron chi connectivity index (χ3n) is 4.62. The van der Waals surface area contributed by atoms with Crippen molar-refractivity contribution in [3.8, 4) is 0 Å². The summed E-state index contributed by atoms with van der Waals surface area (Å²) in [6.07, 6.45) is 5.14. The van der Waals surface area contributed by atoms with Crippen LogP contribution in [0, 0.1) is 6.92 Å². The SMILES string of the molecule is Cc1nccc(N2CCN(C(=O)C3CC(c4cccnc4)=NO3)CC2)n1. The van der Waals surface area contributed by atoms with Gasteiger partial charge in [-0.15, -0.1) is 0 Å². The van der Waals surface area contributed by atoms with E-state index in [1.807, 2.05) is 30.0 Å². The lowest BCUT2D eigenvalue weighted by molar-refractivity contribution is -0.142. The summed E-state index contributed by atoms with van der Waals surface area (Å²) in [5.41, 5.74) is 1.67. The van der Waals surface area contributed by atoms with Crippen LogP contribution in [0.5, 0.6) is 0 Å². The van der Waals surface area contributed by atoms with Crippen molar-refractivity contribution in [2.45, 2.75) is 19.4 Å². The van der Waals surface area contributed by atoms with Gasteiger partial charge in [-0.25, -0.2) is 9.97 Å². The zero-order valence-corrected chi connectivity index (χ0v) is 14.6. The van der Waals surface area contributed by atoms with Gasteiger partial charge in [-0.1, -0.05) is 5.16 Å². The normalized spacial score (nSPS) is 19.9. The molecule has 2 aromatic heterocycles. The Bertz CT molecular complexity index is 817. The molecule has 0 radical (unpaired) electrons. The van der Waals surface area contributed by atoms with Crippen molar-refractivity contribution < 1.29 is 9.63 Å². The van der Waals surface area contributed by atoms with E-state index in [0.29, 0.717) is 19.5 Å². The number of aromatic nitrogens is 3. The van der Waals surface area contributed by atoms with Gasteiger partial charge in [-0.05, 0) is 25.1 Å². The summed E-state index contributed by atoms with van der Waals surface area (Å²) >= 11 is 0. The number of rotatable bonds is 3. The predicted octanol–water partition coefficient (Wildman–Crippen LogP) is 1.02. The molecule has 1 saturated heterocycles. The van der Waals surface area contributed by atoms with Gasteiger partial charge in [0.15, 0.2) is 0 Å². The van der Waals surface area contributed by atoms with Crippen LogP contribution in [0.25, 0.3) is 0 Å². The Labute approximate surface area is 151 Å². The molecule has 2 aliphatic heterocycles. The average Bonchev–Trinajstić information content (AvgIpc) is 3.18. The molecule has 4 heterocycles. The Kier molecular flexibility index (Phi) is 4.47. The van der Waals surface area contributed by atoms with E-state index in [2.05, 4.69) is 25.0 Å². The molecule has 0 N–H and O–H groups in total. The fourth-order valence-electron chi connectivity index (χ4n) is 3.19. The highest BCUT2D eigenvalue weighted by molar-refractivity contribution is 6.03. The van der Waals surface area contributed by atoms with E-state index < -0.39 is 6.10 Å². The highest BCUT2D eigenvalue weighted by Gasteiger charge is 2.34. The number of pyridine rings is 1. The number of carbonyl (C=O) groups excluding carboxylic acids is 1. The van der Waals surface area contributed by atoms with E-state index in [-0.39, 0.29) is 5.91 Å². The van der Waals surface area contributed by atoms with Gasteiger partial charge in [0.2, 0.25) is 6.10 Å². The van der Waals surface area contributed by atoms with E-state index in [1.165, 1.54) is 0 Å². The minimum Gasteiger partial charge on any atom is -0.382 e. The molecule has 0 aromatic carbocycles. The van der Waals surface area contributed by atoms with Gasteiger partial charge >= 0.3 is 0 Å². The van der Waals surface area contributed by atoms with Crippen molar-refractivity contribution >= 4 is 17.4 Å². The van der Waals surface area contributed by atoms with E-state index >= 15 is 0 Å². The molecule has 0 spiro atoms. The highest BCUT2D eigenvalue weighted by atomic mass is 16.6. The molecule has 8 nitrogen and oxygen atoms in total. The number of aryl methyl sites for hydroxylation is 1. The quantitative estimate of drug-likeness (QED) is 0.820. The van der Waals surface area contributed by atoms with Crippen LogP contribution in [0.2, 0.25) is 0 Å². The van der Waals surface area contributed by atoms with Gasteiger partial charge in [-0.2, -0.15) is 0 Å². The Morgan fingerprint density at radius 1 is 1.19 bits per heavy atom. The lowest BCUT2D eigenvalue weighted by atomic mass is 10.1. The van der Waals surface area contributed by atoms with Crippen LogP contribution in [0.3, 0.4) is 0 Å². The third kappa shape index (κ3) is 3.35. The second-order valence-corrected chi connectivity index (χ2v) is 6.35. The standard InChI is InChI=1S/C18H20N6O2/c1-13-20-6-4-17(21-13)23-7-9-24(10-8-23)18(25)16-11-15(22-26-16)14-3-2-5-19-12-14/h2-6,12,16H,7-11H2,1H3. The first kappa shape index (κ1) is 16.4. The number of piperazine rings is 1. The number of hydrogen-bond donors (Lipinski definition) is 0. The van der Waals surface area contributed by atoms with Gasteiger partial charge in [0.05, 0.1) is 5.71 Å². The lowest BCUT2D eigenvalue weighted by Crippen LogP contribution is -2.51. The van der Waals surface area contributed by atoms with E-state index in [1.54, 1.807) is 18.6 Å². The topological polar surface area (TPSA) is 83.8 Å². The molecular weight excluding hydrogens is 332 g/mol. The molecule has 134 valence electrons. The fraction of sp³-hybridized carbons (Fsp3) is 0.389. The van der Waals surface area contributed by atoms with Gasteiger partial charge in [0.1, 0.15) is 11.6 Å². The van der Waals surface area contributed by atoms with Crippen molar-refractivity contribution in [1.29, 1.82) is 0 Å². The van der Waals surface area contributed by atoms with Crippen molar-refractivity contribution in [2.75, 3.05) is 31.1 Å². The largest absolute Gasteiger partial charge is 0.382 e. The number of anilines is 1. The van der Waals surface area contributed by atoms with Crippen LogP contribution in [0.1, 0.15) is 17.8 Å². The summed E-state index contributed by atoms with van der Waals surface area (Å²) < 4.78 is 0. The molecule has 1 fully saturated rings. The number of carbonyl (C=O) groups is 1. The maximum atomic E-state index is 12.7. The molecule has 8 heteroatoms. The van der Waals surface area contributed by atoms with Gasteiger partial charge in [-0.3, -0.25) is 9.78 Å². The number of nitrogens with zero attached hydrogens (tertiary/aromatic N) is 6. The molecule has 0 saturated carbocycles. The van der Waals surface area contributed by atoms with Gasteiger partial charge in [0.25, 0.3) is 5.91 Å². The summed E-state index contributed by atoms with van der Waals surface area (Å²) in [4.78, 5) is 34.8. The Morgan fingerprint density at radius 2 is 2.04 bits per heavy atom. The molecule has 1 unspecified atom stereocenters. The Balaban J connectivity index is 1.33. The summed E-state index contributed by atoms with van der Waals surface area (Å²) in [6, 6.07) is 5.67. The van der Waals surface area contributed by atoms with E-state index in [0.717, 1.165) is 36.0 Å². The van der Waals surface area contributed by atoms with Crippen molar-refractivity contribution in [3.05, 3.63) is 48.2 Å². The first-order valence-corrected chi connectivity index (χ1v) is 8.67. The first-order chi connectivity index (χ1) is 12.7. The molecular formula is C18H20N6O2. The summed E-state index contributed by atoms with van der Waals surface area (Å²) in [7, 11) is 0. The second-order valence-electron chi connectivity index (χ2n) is 6.35. The molecule has 0 aliphatic carbocycles. The van der Waals surface area contributed by atoms with Gasteiger partial charge in [0, 0.05) is 56.8 Å². The summed E-state index contributed by atoms with van der Waals surface area (Å²) in [6.45, 7) is 4.64. The molecule has 26 heavy (non-hydrogen) atoms. The Morgan fingerprint density at radius 3 is 2.77 bits per heavy atom. The van der Waals surface area contributed by atoms with Crippen molar-refractivity contribution in [1.82, 2.24) is 19.9 Å². The molecule has 2 aromatic rings. The highest BCUT2D eigenvalue weighted by Crippen LogP contribution is 2.20. The van der Waals surface area contributed by atoms with Crippen LogP contribution in [-0.2, 0) is 9.63 Å². The fourth-order valence-corrected chi connectivity index (χ4v) is 3.19. The lowest BCUT2D eigenvalue weighted by Gasteiger charge is -2.36. The smallest absolute Gasteiger partial charge is 0.267 e. The molecule has 1 atom stereocenters. The monoisotopic (exact) mass is 352 g/mol. The second kappa shape index (κ2) is 7.07. The average molecular weight is 352 g/mol. The van der Waals surface area contributed by atoms with Crippen LogP contribution < -0.4 is 4.90 Å². The molecule has 1 amide bonds. The van der Waals surface area contributed by atoms with Crippen molar-refractivity contribution in [3.63, 3.8) is 0 Å². The molecule has 0 bridgehead atoms. The van der Waals surface area contributed by atoms with Crippen LogP contribution in [-0.4, -0.2) is 63.8 Å². The summed E-state index contributed by atoms with van der Waals surface area (Å²) in [5, 5.41) is 4.08. The van der Waals surface area contributed by atoms with Crippen molar-refractivity contribution in [2.24, 2.45) is 5.16 Å². The maximum absolute atomic E-state index is 12.7. The zero-order valence-electron chi connectivity index (χ0n) is 14.6. The van der Waals surface area contributed by atoms with Crippen LogP contribution in [0.15, 0.2) is 41.9 Å². The van der Waals surface area contributed by atoms with Crippen LogP contribution >= 0.6 is 0 Å². The molecule has 2 aliphatic rings. The van der Waals surface area contributed by atoms with Gasteiger partial charge < -0.3 is 14.6 Å². The predicted molar refractivity (Wildman–Crippen MR) is 95.8 cm³/mol. The minimum atomic E-state index is -0.543. The number of oxime groups is 1. The van der Waals surface area contributed by atoms with E-state index in [9.17, 15) is 4.79 Å². The Hall–Kier alpha value is -3.03. The number of hydrogen-bond acceptors (Lipinski definition) is 7. The summed E-state index contributed by atoms with van der Waals surface area (Å²) in [5.74, 6) is 1.65. The maximum Gasteiger partial charge on any atom is 0.267 e. The third-order valence-corrected chi connectivity index (χ3v) is 4.62. The first-order valence-electron chi connectivity index (χ1n) is 8.67. The van der Waals surface area contributed by atoms with E-state index in [4.69, 9.17) is 4.84 Å². The molecule has 4 rings (SSSR count). The number of amides is 1.